The third-order valence-electron chi connectivity index (χ3n) is 3.87. The molecule has 0 aliphatic heterocycles. The molecule has 0 aliphatic carbocycles. The summed E-state index contributed by atoms with van der Waals surface area (Å²) in [5.74, 6) is 0.884. The maximum absolute atomic E-state index is 12.2. The minimum atomic E-state index is -0.255. The highest BCUT2D eigenvalue weighted by atomic mass is 35.5. The molecule has 1 N–H and O–H groups in total. The molecule has 0 saturated carbocycles. The summed E-state index contributed by atoms with van der Waals surface area (Å²) < 4.78 is 0. The zero-order valence-electron chi connectivity index (χ0n) is 14.3. The number of benzene rings is 1. The van der Waals surface area contributed by atoms with Crippen molar-refractivity contribution < 1.29 is 4.79 Å². The van der Waals surface area contributed by atoms with Gasteiger partial charge in [-0.1, -0.05) is 11.6 Å². The topological polar surface area (TPSA) is 71.0 Å². The van der Waals surface area contributed by atoms with Crippen molar-refractivity contribution in [2.45, 2.75) is 6.42 Å². The molecule has 0 fully saturated rings. The Labute approximate surface area is 156 Å². The molecule has 26 heavy (non-hydrogen) atoms. The lowest BCUT2D eigenvalue weighted by Crippen LogP contribution is -2.22. The first-order valence-electron chi connectivity index (χ1n) is 8.12. The highest BCUT2D eigenvalue weighted by molar-refractivity contribution is 6.30. The van der Waals surface area contributed by atoms with E-state index in [-0.39, 0.29) is 5.91 Å². The molecule has 0 atom stereocenters. The maximum Gasteiger partial charge on any atom is 0.256 e. The Morgan fingerprint density at radius 3 is 2.42 bits per heavy atom. The van der Waals surface area contributed by atoms with Gasteiger partial charge in [-0.3, -0.25) is 9.78 Å². The van der Waals surface area contributed by atoms with Gasteiger partial charge in [-0.05, 0) is 60.5 Å². The van der Waals surface area contributed by atoms with Crippen LogP contribution < -0.4 is 10.2 Å². The third kappa shape index (κ3) is 4.77. The van der Waals surface area contributed by atoms with Crippen LogP contribution in [0.4, 0.5) is 11.6 Å². The summed E-state index contributed by atoms with van der Waals surface area (Å²) in [6.07, 6.45) is 4.45. The van der Waals surface area contributed by atoms with Crippen LogP contribution in [0.2, 0.25) is 5.02 Å². The predicted molar refractivity (Wildman–Crippen MR) is 103 cm³/mol. The number of nitrogens with one attached hydrogen (secondary N) is 1. The fourth-order valence-electron chi connectivity index (χ4n) is 2.35. The molecule has 0 aliphatic rings. The highest BCUT2D eigenvalue weighted by Crippen LogP contribution is 2.13. The van der Waals surface area contributed by atoms with Crippen LogP contribution in [0.15, 0.2) is 60.9 Å². The number of anilines is 2. The summed E-state index contributed by atoms with van der Waals surface area (Å²) in [7, 11) is 1.96. The number of halogens is 1. The quantitative estimate of drug-likeness (QED) is 0.722. The number of carbonyl (C=O) groups is 1. The van der Waals surface area contributed by atoms with Crippen molar-refractivity contribution in [3.63, 3.8) is 0 Å². The van der Waals surface area contributed by atoms with Gasteiger partial charge in [-0.2, -0.15) is 0 Å². The molecule has 6 nitrogen and oxygen atoms in total. The van der Waals surface area contributed by atoms with Crippen LogP contribution in [-0.4, -0.2) is 34.7 Å². The Morgan fingerprint density at radius 2 is 1.77 bits per heavy atom. The van der Waals surface area contributed by atoms with Crippen LogP contribution in [0.25, 0.3) is 0 Å². The zero-order valence-corrected chi connectivity index (χ0v) is 15.0. The Balaban J connectivity index is 1.57. The van der Waals surface area contributed by atoms with Crippen molar-refractivity contribution in [1.29, 1.82) is 0 Å². The lowest BCUT2D eigenvalue weighted by molar-refractivity contribution is 0.102. The number of rotatable bonds is 6. The van der Waals surface area contributed by atoms with Crippen LogP contribution in [0.3, 0.4) is 0 Å². The van der Waals surface area contributed by atoms with Gasteiger partial charge in [0.2, 0.25) is 0 Å². The van der Waals surface area contributed by atoms with E-state index < -0.39 is 0 Å². The number of likely N-dealkylation sites (N-methyl/N-ethyl adjacent to an activating group) is 1. The van der Waals surface area contributed by atoms with E-state index in [1.165, 1.54) is 5.56 Å². The van der Waals surface area contributed by atoms with E-state index >= 15 is 0 Å². The molecule has 3 rings (SSSR count). The molecule has 0 saturated heterocycles. The molecular formula is C19H18ClN5O. The molecule has 0 unspecified atom stereocenters. The summed E-state index contributed by atoms with van der Waals surface area (Å²) in [5, 5.41) is 11.6. The summed E-state index contributed by atoms with van der Waals surface area (Å²) in [6, 6.07) is 14.2. The number of nitrogens with zero attached hydrogens (tertiary/aromatic N) is 4. The smallest absolute Gasteiger partial charge is 0.256 e. The SMILES string of the molecule is CN(CCc1ccncc1)c1ccc(NC(=O)c2ccc(Cl)cc2)nn1. The third-order valence-corrected chi connectivity index (χ3v) is 4.13. The molecular weight excluding hydrogens is 350 g/mol. The molecule has 2 aromatic heterocycles. The van der Waals surface area contributed by atoms with Crippen LogP contribution in [0, 0.1) is 0 Å². The number of aromatic nitrogens is 3. The number of carbonyl (C=O) groups excluding carboxylic acids is 1. The molecule has 0 radical (unpaired) electrons. The van der Waals surface area contributed by atoms with Gasteiger partial charge in [0.1, 0.15) is 0 Å². The number of hydrogen-bond acceptors (Lipinski definition) is 5. The first kappa shape index (κ1) is 17.8. The average Bonchev–Trinajstić information content (AvgIpc) is 2.68. The predicted octanol–water partition coefficient (Wildman–Crippen LogP) is 3.46. The first-order valence-corrected chi connectivity index (χ1v) is 8.50. The number of pyridine rings is 1. The van der Waals surface area contributed by atoms with Crippen molar-refractivity contribution in [3.05, 3.63) is 77.1 Å². The highest BCUT2D eigenvalue weighted by Gasteiger charge is 2.08. The summed E-state index contributed by atoms with van der Waals surface area (Å²) in [4.78, 5) is 18.2. The van der Waals surface area contributed by atoms with E-state index in [0.29, 0.717) is 16.4 Å². The molecule has 132 valence electrons. The van der Waals surface area contributed by atoms with Crippen molar-refractivity contribution in [2.75, 3.05) is 23.8 Å². The van der Waals surface area contributed by atoms with Gasteiger partial charge in [-0.15, -0.1) is 10.2 Å². The van der Waals surface area contributed by atoms with Crippen LogP contribution in [0.1, 0.15) is 15.9 Å². The van der Waals surface area contributed by atoms with Gasteiger partial charge in [0.15, 0.2) is 11.6 Å². The van der Waals surface area contributed by atoms with Gasteiger partial charge in [0, 0.05) is 36.6 Å². The Morgan fingerprint density at radius 1 is 1.04 bits per heavy atom. The lowest BCUT2D eigenvalue weighted by atomic mass is 10.2. The largest absolute Gasteiger partial charge is 0.358 e. The van der Waals surface area contributed by atoms with Crippen molar-refractivity contribution in [2.24, 2.45) is 0 Å². The summed E-state index contributed by atoms with van der Waals surface area (Å²) >= 11 is 5.83. The zero-order chi connectivity index (χ0) is 18.4. The second-order valence-corrected chi connectivity index (χ2v) is 6.20. The molecule has 7 heteroatoms. The first-order chi connectivity index (χ1) is 12.6. The van der Waals surface area contributed by atoms with Crippen LogP contribution in [0.5, 0.6) is 0 Å². The fourth-order valence-corrected chi connectivity index (χ4v) is 2.47. The van der Waals surface area contributed by atoms with Gasteiger partial charge in [0.05, 0.1) is 0 Å². The Hall–Kier alpha value is -2.99. The van der Waals surface area contributed by atoms with Crippen LogP contribution >= 0.6 is 11.6 Å². The second kappa shape index (κ2) is 8.40. The number of hydrogen-bond donors (Lipinski definition) is 1. The summed E-state index contributed by atoms with van der Waals surface area (Å²) in [5.41, 5.74) is 1.72. The monoisotopic (exact) mass is 367 g/mol. The van der Waals surface area contributed by atoms with E-state index in [2.05, 4.69) is 20.5 Å². The normalized spacial score (nSPS) is 10.4. The van der Waals surface area contributed by atoms with Gasteiger partial charge in [0.25, 0.3) is 5.91 Å². The molecule has 1 amide bonds. The van der Waals surface area contributed by atoms with E-state index in [4.69, 9.17) is 11.6 Å². The van der Waals surface area contributed by atoms with E-state index in [1.54, 1.807) is 42.7 Å². The van der Waals surface area contributed by atoms with E-state index in [1.807, 2.05) is 30.1 Å². The van der Waals surface area contributed by atoms with Gasteiger partial charge >= 0.3 is 0 Å². The standard InChI is InChI=1S/C19H18ClN5O/c1-25(13-10-14-8-11-21-12-9-14)18-7-6-17(23-24-18)22-19(26)15-2-4-16(20)5-3-15/h2-9,11-12H,10,13H2,1H3,(H,22,23,26). The molecule has 3 aromatic rings. The van der Waals surface area contributed by atoms with E-state index in [9.17, 15) is 4.79 Å². The second-order valence-electron chi connectivity index (χ2n) is 5.76. The van der Waals surface area contributed by atoms with E-state index in [0.717, 1.165) is 18.8 Å². The van der Waals surface area contributed by atoms with Crippen molar-refractivity contribution >= 4 is 29.1 Å². The van der Waals surface area contributed by atoms with Gasteiger partial charge in [-0.25, -0.2) is 0 Å². The molecule has 0 spiro atoms. The lowest BCUT2D eigenvalue weighted by Gasteiger charge is -2.17. The minimum Gasteiger partial charge on any atom is -0.358 e. The minimum absolute atomic E-state index is 0.255. The molecule has 2 heterocycles. The van der Waals surface area contributed by atoms with Gasteiger partial charge < -0.3 is 10.2 Å². The van der Waals surface area contributed by atoms with Crippen LogP contribution in [-0.2, 0) is 6.42 Å². The summed E-state index contributed by atoms with van der Waals surface area (Å²) in [6.45, 7) is 0.801. The maximum atomic E-state index is 12.2. The molecule has 1 aromatic carbocycles. The Kier molecular flexibility index (Phi) is 5.76. The Bertz CT molecular complexity index is 853. The van der Waals surface area contributed by atoms with Crippen molar-refractivity contribution in [3.8, 4) is 0 Å². The van der Waals surface area contributed by atoms with Crippen molar-refractivity contribution in [1.82, 2.24) is 15.2 Å². The number of amides is 1. The fraction of sp³-hybridized carbons (Fsp3) is 0.158. The average molecular weight is 368 g/mol. The molecule has 0 bridgehead atoms.